The Morgan fingerprint density at radius 2 is 2.20 bits per heavy atom. The van der Waals surface area contributed by atoms with Gasteiger partial charge >= 0.3 is 6.01 Å². The van der Waals surface area contributed by atoms with Crippen LogP contribution in [0.5, 0.6) is 6.01 Å². The molecule has 1 aliphatic heterocycles. The van der Waals surface area contributed by atoms with E-state index < -0.39 is 0 Å². The first-order chi connectivity index (χ1) is 7.09. The molecule has 2 rings (SSSR count). The monoisotopic (exact) mass is 207 g/mol. The molecule has 0 atom stereocenters. The maximum absolute atomic E-state index is 4.99. The smallest absolute Gasteiger partial charge is 0.316 e. The first-order valence-corrected chi connectivity index (χ1v) is 5.17. The van der Waals surface area contributed by atoms with Crippen molar-refractivity contribution in [2.75, 3.05) is 20.2 Å². The summed E-state index contributed by atoms with van der Waals surface area (Å²) in [6, 6.07) is 2.39. The average molecular weight is 207 g/mol. The molecule has 0 amide bonds. The van der Waals surface area contributed by atoms with Gasteiger partial charge in [-0.2, -0.15) is 4.98 Å². The summed E-state index contributed by atoms with van der Waals surface area (Å²) in [5, 5.41) is 0. The van der Waals surface area contributed by atoms with Gasteiger partial charge in [0.05, 0.1) is 12.8 Å². The van der Waals surface area contributed by atoms with E-state index in [9.17, 15) is 0 Å². The number of likely N-dealkylation sites (tertiary alicyclic amines) is 1. The van der Waals surface area contributed by atoms with E-state index in [0.717, 1.165) is 25.3 Å². The third-order valence-electron chi connectivity index (χ3n) is 2.56. The third-order valence-corrected chi connectivity index (χ3v) is 2.56. The Morgan fingerprint density at radius 1 is 1.47 bits per heavy atom. The lowest BCUT2D eigenvalue weighted by Crippen LogP contribution is -2.52. The van der Waals surface area contributed by atoms with Gasteiger partial charge in [0.15, 0.2) is 0 Å². The summed E-state index contributed by atoms with van der Waals surface area (Å²) in [5.41, 5.74) is 1.49. The van der Waals surface area contributed by atoms with Gasteiger partial charge in [0.1, 0.15) is 0 Å². The highest BCUT2D eigenvalue weighted by Crippen LogP contribution is 2.29. The Hall–Kier alpha value is -1.16. The van der Waals surface area contributed by atoms with Crippen molar-refractivity contribution in [3.63, 3.8) is 0 Å². The Bertz CT molecular complexity index is 343. The van der Waals surface area contributed by atoms with Crippen LogP contribution in [0.25, 0.3) is 0 Å². The minimum atomic E-state index is 0.451. The van der Waals surface area contributed by atoms with Crippen LogP contribution in [0.15, 0.2) is 12.3 Å². The molecule has 0 spiro atoms. The maximum Gasteiger partial charge on any atom is 0.316 e. The summed E-state index contributed by atoms with van der Waals surface area (Å²) < 4.78 is 4.99. The molecular weight excluding hydrogens is 190 g/mol. The van der Waals surface area contributed by atoms with Crippen LogP contribution in [0.4, 0.5) is 0 Å². The van der Waals surface area contributed by atoms with E-state index in [1.807, 2.05) is 6.07 Å². The molecule has 1 saturated heterocycles. The number of nitrogens with zero attached hydrogens (tertiary/aromatic N) is 3. The number of hydrogen-bond acceptors (Lipinski definition) is 4. The molecule has 0 radical (unpaired) electrons. The second kappa shape index (κ2) is 3.77. The van der Waals surface area contributed by atoms with Gasteiger partial charge < -0.3 is 4.74 Å². The number of methoxy groups -OCH3 is 1. The van der Waals surface area contributed by atoms with E-state index >= 15 is 0 Å². The van der Waals surface area contributed by atoms with Gasteiger partial charge in [-0.05, 0) is 11.5 Å². The topological polar surface area (TPSA) is 38.2 Å². The predicted octanol–water partition coefficient (Wildman–Crippen LogP) is 1.33. The molecule has 82 valence electrons. The van der Waals surface area contributed by atoms with Crippen molar-refractivity contribution in [3.05, 3.63) is 18.0 Å². The molecule has 1 fully saturated rings. The van der Waals surface area contributed by atoms with Crippen LogP contribution in [0.3, 0.4) is 0 Å². The SMILES string of the molecule is COc1nccc(CN2CC(C)(C)C2)n1. The van der Waals surface area contributed by atoms with E-state index in [2.05, 4.69) is 28.7 Å². The van der Waals surface area contributed by atoms with E-state index in [0.29, 0.717) is 11.4 Å². The Kier molecular flexibility index (Phi) is 2.61. The normalized spacial score (nSPS) is 19.7. The van der Waals surface area contributed by atoms with Gasteiger partial charge in [-0.25, -0.2) is 4.98 Å². The Labute approximate surface area is 90.3 Å². The predicted molar refractivity (Wildman–Crippen MR) is 57.6 cm³/mol. The number of hydrogen-bond donors (Lipinski definition) is 0. The Balaban J connectivity index is 1.94. The lowest BCUT2D eigenvalue weighted by Gasteiger charge is -2.45. The van der Waals surface area contributed by atoms with Crippen LogP contribution in [-0.4, -0.2) is 35.1 Å². The van der Waals surface area contributed by atoms with Gasteiger partial charge in [-0.1, -0.05) is 13.8 Å². The highest BCUT2D eigenvalue weighted by molar-refractivity contribution is 5.06. The van der Waals surface area contributed by atoms with Crippen molar-refractivity contribution >= 4 is 0 Å². The van der Waals surface area contributed by atoms with Crippen molar-refractivity contribution < 1.29 is 4.74 Å². The molecule has 1 aromatic rings. The summed E-state index contributed by atoms with van der Waals surface area (Å²) in [6.45, 7) is 7.73. The van der Waals surface area contributed by atoms with E-state index in [1.54, 1.807) is 13.3 Å². The molecule has 0 aliphatic carbocycles. The molecule has 2 heterocycles. The summed E-state index contributed by atoms with van der Waals surface area (Å²) in [6.07, 6.45) is 1.74. The molecule has 1 aromatic heterocycles. The van der Waals surface area contributed by atoms with Gasteiger partial charge in [0, 0.05) is 25.8 Å². The lowest BCUT2D eigenvalue weighted by atomic mass is 9.84. The van der Waals surface area contributed by atoms with Crippen LogP contribution < -0.4 is 4.74 Å². The van der Waals surface area contributed by atoms with Gasteiger partial charge in [-0.3, -0.25) is 4.90 Å². The molecule has 0 saturated carbocycles. The van der Waals surface area contributed by atoms with E-state index in [1.165, 1.54) is 0 Å². The second-order valence-corrected chi connectivity index (χ2v) is 4.84. The number of rotatable bonds is 3. The van der Waals surface area contributed by atoms with Crippen molar-refractivity contribution in [2.45, 2.75) is 20.4 Å². The molecule has 15 heavy (non-hydrogen) atoms. The van der Waals surface area contributed by atoms with Crippen LogP contribution in [0.2, 0.25) is 0 Å². The quantitative estimate of drug-likeness (QED) is 0.749. The van der Waals surface area contributed by atoms with E-state index in [4.69, 9.17) is 4.74 Å². The number of aromatic nitrogens is 2. The minimum absolute atomic E-state index is 0.451. The van der Waals surface area contributed by atoms with Gasteiger partial charge in [0.2, 0.25) is 0 Å². The fourth-order valence-electron chi connectivity index (χ4n) is 2.07. The number of ether oxygens (including phenoxy) is 1. The fraction of sp³-hybridized carbons (Fsp3) is 0.636. The molecule has 0 unspecified atom stereocenters. The Morgan fingerprint density at radius 3 is 2.80 bits per heavy atom. The van der Waals surface area contributed by atoms with Crippen LogP contribution in [-0.2, 0) is 6.54 Å². The molecular formula is C11H17N3O. The summed E-state index contributed by atoms with van der Waals surface area (Å²) >= 11 is 0. The standard InChI is InChI=1S/C11H17N3O/c1-11(2)7-14(8-11)6-9-4-5-12-10(13-9)15-3/h4-5H,6-8H2,1-3H3. The highest BCUT2D eigenvalue weighted by atomic mass is 16.5. The van der Waals surface area contributed by atoms with Crippen molar-refractivity contribution in [1.82, 2.24) is 14.9 Å². The first kappa shape index (κ1) is 10.4. The van der Waals surface area contributed by atoms with E-state index in [-0.39, 0.29) is 0 Å². The average Bonchev–Trinajstić information content (AvgIpc) is 2.15. The lowest BCUT2D eigenvalue weighted by molar-refractivity contribution is 0.0231. The van der Waals surface area contributed by atoms with Gasteiger partial charge in [0.25, 0.3) is 0 Å². The zero-order chi connectivity index (χ0) is 10.9. The first-order valence-electron chi connectivity index (χ1n) is 5.17. The molecule has 0 aromatic carbocycles. The molecule has 4 heteroatoms. The van der Waals surface area contributed by atoms with Crippen molar-refractivity contribution in [3.8, 4) is 6.01 Å². The van der Waals surface area contributed by atoms with Crippen LogP contribution in [0.1, 0.15) is 19.5 Å². The minimum Gasteiger partial charge on any atom is -0.467 e. The summed E-state index contributed by atoms with van der Waals surface area (Å²) in [5.74, 6) is 0. The highest BCUT2D eigenvalue weighted by Gasteiger charge is 2.33. The molecule has 0 N–H and O–H groups in total. The van der Waals surface area contributed by atoms with Crippen molar-refractivity contribution in [2.24, 2.45) is 5.41 Å². The largest absolute Gasteiger partial charge is 0.467 e. The third kappa shape index (κ3) is 2.45. The summed E-state index contributed by atoms with van der Waals surface area (Å²) in [7, 11) is 1.59. The van der Waals surface area contributed by atoms with Crippen LogP contribution >= 0.6 is 0 Å². The zero-order valence-electron chi connectivity index (χ0n) is 9.53. The second-order valence-electron chi connectivity index (χ2n) is 4.84. The fourth-order valence-corrected chi connectivity index (χ4v) is 2.07. The summed E-state index contributed by atoms with van der Waals surface area (Å²) in [4.78, 5) is 10.6. The van der Waals surface area contributed by atoms with Crippen molar-refractivity contribution in [1.29, 1.82) is 0 Å². The molecule has 4 nitrogen and oxygen atoms in total. The molecule has 1 aliphatic rings. The molecule has 0 bridgehead atoms. The maximum atomic E-state index is 4.99. The van der Waals surface area contributed by atoms with Crippen LogP contribution in [0, 0.1) is 5.41 Å². The zero-order valence-corrected chi connectivity index (χ0v) is 9.53. The van der Waals surface area contributed by atoms with Gasteiger partial charge in [-0.15, -0.1) is 0 Å².